The van der Waals surface area contributed by atoms with Gasteiger partial charge in [0.05, 0.1) is 17.9 Å². The van der Waals surface area contributed by atoms with Crippen molar-refractivity contribution < 1.29 is 14.7 Å². The van der Waals surface area contributed by atoms with Crippen LogP contribution in [-0.4, -0.2) is 44.8 Å². The third kappa shape index (κ3) is 3.39. The first-order valence-electron chi connectivity index (χ1n) is 8.21. The summed E-state index contributed by atoms with van der Waals surface area (Å²) < 4.78 is 1.77. The Labute approximate surface area is 151 Å². The van der Waals surface area contributed by atoms with Gasteiger partial charge in [-0.05, 0) is 44.4 Å². The number of aromatic nitrogens is 2. The minimum absolute atomic E-state index is 0.0122. The van der Waals surface area contributed by atoms with Gasteiger partial charge in [-0.1, -0.05) is 17.7 Å². The number of carboxylic acid groups (broad SMARTS) is 1. The van der Waals surface area contributed by atoms with Crippen molar-refractivity contribution >= 4 is 23.5 Å². The van der Waals surface area contributed by atoms with E-state index in [9.17, 15) is 9.59 Å². The van der Waals surface area contributed by atoms with E-state index in [4.69, 9.17) is 16.7 Å². The summed E-state index contributed by atoms with van der Waals surface area (Å²) in [6, 6.07) is 5.45. The summed E-state index contributed by atoms with van der Waals surface area (Å²) in [5, 5.41) is 13.9. The Bertz CT molecular complexity index is 823. The quantitative estimate of drug-likeness (QED) is 0.909. The number of hydrogen-bond acceptors (Lipinski definition) is 3. The molecule has 1 fully saturated rings. The fraction of sp³-hybridized carbons (Fsp3) is 0.389. The van der Waals surface area contributed by atoms with E-state index in [0.29, 0.717) is 29.4 Å². The number of aromatic carboxylic acids is 1. The number of amides is 1. The largest absolute Gasteiger partial charge is 0.478 e. The number of carboxylic acids is 1. The number of carbonyl (C=O) groups excluding carboxylic acids is 1. The van der Waals surface area contributed by atoms with Gasteiger partial charge in [-0.3, -0.25) is 9.48 Å². The van der Waals surface area contributed by atoms with Gasteiger partial charge in [0.2, 0.25) is 0 Å². The van der Waals surface area contributed by atoms with Crippen molar-refractivity contribution in [3.63, 3.8) is 0 Å². The average Bonchev–Trinajstić information content (AvgIpc) is 2.98. The van der Waals surface area contributed by atoms with E-state index in [1.807, 2.05) is 17.9 Å². The summed E-state index contributed by atoms with van der Waals surface area (Å²) >= 11 is 6.02. The lowest BCUT2D eigenvalue weighted by Gasteiger charge is -2.33. The smallest absolute Gasteiger partial charge is 0.339 e. The molecular weight excluding hydrogens is 342 g/mol. The summed E-state index contributed by atoms with van der Waals surface area (Å²) in [6.07, 6.45) is 2.88. The van der Waals surface area contributed by atoms with Crippen LogP contribution in [0.25, 0.3) is 0 Å². The average molecular weight is 362 g/mol. The number of carbonyl (C=O) groups is 2. The highest BCUT2D eigenvalue weighted by Crippen LogP contribution is 2.26. The molecule has 3 rings (SSSR count). The maximum Gasteiger partial charge on any atom is 0.339 e. The van der Waals surface area contributed by atoms with Gasteiger partial charge < -0.3 is 10.0 Å². The fourth-order valence-electron chi connectivity index (χ4n) is 3.31. The van der Waals surface area contributed by atoms with Gasteiger partial charge in [0.1, 0.15) is 5.56 Å². The zero-order valence-corrected chi connectivity index (χ0v) is 15.0. The number of likely N-dealkylation sites (tertiary alicyclic amines) is 1. The molecule has 132 valence electrons. The molecule has 0 saturated carbocycles. The Balaban J connectivity index is 1.71. The molecule has 0 atom stereocenters. The highest BCUT2D eigenvalue weighted by molar-refractivity contribution is 6.31. The van der Waals surface area contributed by atoms with Gasteiger partial charge in [0.15, 0.2) is 0 Å². The molecule has 1 aromatic carbocycles. The zero-order valence-electron chi connectivity index (χ0n) is 14.2. The molecule has 0 bridgehead atoms. The Morgan fingerprint density at radius 2 is 1.88 bits per heavy atom. The number of hydrogen-bond donors (Lipinski definition) is 1. The van der Waals surface area contributed by atoms with Crippen LogP contribution < -0.4 is 0 Å². The molecule has 0 aliphatic carbocycles. The van der Waals surface area contributed by atoms with Crippen LogP contribution in [0.3, 0.4) is 0 Å². The van der Waals surface area contributed by atoms with Gasteiger partial charge in [-0.15, -0.1) is 0 Å². The third-order valence-electron chi connectivity index (χ3n) is 4.80. The summed E-state index contributed by atoms with van der Waals surface area (Å²) in [6.45, 7) is 4.88. The summed E-state index contributed by atoms with van der Waals surface area (Å²) in [5.41, 5.74) is 2.43. The molecule has 2 aromatic rings. The Hall–Kier alpha value is -2.34. The molecule has 0 radical (unpaired) electrons. The monoisotopic (exact) mass is 361 g/mol. The van der Waals surface area contributed by atoms with Gasteiger partial charge in [0, 0.05) is 23.7 Å². The van der Waals surface area contributed by atoms with Crippen LogP contribution in [-0.2, 0) is 0 Å². The summed E-state index contributed by atoms with van der Waals surface area (Å²) in [4.78, 5) is 25.7. The Kier molecular flexibility index (Phi) is 4.81. The van der Waals surface area contributed by atoms with Crippen LogP contribution in [0.5, 0.6) is 0 Å². The highest BCUT2D eigenvalue weighted by atomic mass is 35.5. The zero-order chi connectivity index (χ0) is 18.1. The molecular formula is C18H20ClN3O3. The van der Waals surface area contributed by atoms with E-state index < -0.39 is 5.97 Å². The molecule has 1 aliphatic heterocycles. The second-order valence-corrected chi connectivity index (χ2v) is 6.81. The predicted molar refractivity (Wildman–Crippen MR) is 94.3 cm³/mol. The SMILES string of the molecule is Cc1ccc(Cl)cc1C(=O)N1CCC(n2ncc(C(=O)O)c2C)CC1. The van der Waals surface area contributed by atoms with Crippen molar-refractivity contribution in [2.75, 3.05) is 13.1 Å². The lowest BCUT2D eigenvalue weighted by molar-refractivity contribution is 0.0687. The van der Waals surface area contributed by atoms with Crippen LogP contribution in [0, 0.1) is 13.8 Å². The standard InChI is InChI=1S/C18H20ClN3O3/c1-11-3-4-13(19)9-15(11)17(23)21-7-5-14(6-8-21)22-12(2)16(10-20-22)18(24)25/h3-4,9-10,14H,5-8H2,1-2H3,(H,24,25). The molecule has 25 heavy (non-hydrogen) atoms. The van der Waals surface area contributed by atoms with E-state index in [2.05, 4.69) is 5.10 Å². The van der Waals surface area contributed by atoms with Gasteiger partial charge in [-0.25, -0.2) is 4.79 Å². The molecule has 0 unspecified atom stereocenters. The van der Waals surface area contributed by atoms with Crippen LogP contribution >= 0.6 is 11.6 Å². The minimum atomic E-state index is -0.965. The Morgan fingerprint density at radius 3 is 2.48 bits per heavy atom. The van der Waals surface area contributed by atoms with Crippen molar-refractivity contribution in [1.82, 2.24) is 14.7 Å². The van der Waals surface area contributed by atoms with Crippen molar-refractivity contribution in [3.8, 4) is 0 Å². The maximum atomic E-state index is 12.7. The summed E-state index contributed by atoms with van der Waals surface area (Å²) in [5.74, 6) is -0.977. The molecule has 1 saturated heterocycles. The molecule has 2 heterocycles. The van der Waals surface area contributed by atoms with E-state index in [1.165, 1.54) is 6.20 Å². The number of piperidine rings is 1. The van der Waals surface area contributed by atoms with E-state index in [-0.39, 0.29) is 17.5 Å². The van der Waals surface area contributed by atoms with E-state index in [1.54, 1.807) is 23.7 Å². The highest BCUT2D eigenvalue weighted by Gasteiger charge is 2.27. The molecule has 6 nitrogen and oxygen atoms in total. The van der Waals surface area contributed by atoms with Crippen LogP contribution in [0.1, 0.15) is 50.9 Å². The molecule has 1 aliphatic rings. The van der Waals surface area contributed by atoms with Crippen LogP contribution in [0.15, 0.2) is 24.4 Å². The van der Waals surface area contributed by atoms with Crippen molar-refractivity contribution in [3.05, 3.63) is 51.8 Å². The van der Waals surface area contributed by atoms with Crippen LogP contribution in [0.4, 0.5) is 0 Å². The minimum Gasteiger partial charge on any atom is -0.478 e. The molecule has 1 amide bonds. The second-order valence-electron chi connectivity index (χ2n) is 6.38. The first kappa shape index (κ1) is 17.5. The number of aryl methyl sites for hydroxylation is 1. The number of halogens is 1. The molecule has 0 spiro atoms. The maximum absolute atomic E-state index is 12.7. The molecule has 1 N–H and O–H groups in total. The predicted octanol–water partition coefficient (Wildman–Crippen LogP) is 3.33. The second kappa shape index (κ2) is 6.88. The topological polar surface area (TPSA) is 75.4 Å². The Morgan fingerprint density at radius 1 is 1.20 bits per heavy atom. The first-order chi connectivity index (χ1) is 11.9. The van der Waals surface area contributed by atoms with E-state index in [0.717, 1.165) is 18.4 Å². The van der Waals surface area contributed by atoms with Crippen molar-refractivity contribution in [2.45, 2.75) is 32.7 Å². The van der Waals surface area contributed by atoms with Gasteiger partial charge >= 0.3 is 5.97 Å². The fourth-order valence-corrected chi connectivity index (χ4v) is 3.48. The van der Waals surface area contributed by atoms with Gasteiger partial charge in [0.25, 0.3) is 5.91 Å². The molecule has 7 heteroatoms. The lowest BCUT2D eigenvalue weighted by atomic mass is 10.0. The normalized spacial score (nSPS) is 15.4. The van der Waals surface area contributed by atoms with E-state index >= 15 is 0 Å². The summed E-state index contributed by atoms with van der Waals surface area (Å²) in [7, 11) is 0. The third-order valence-corrected chi connectivity index (χ3v) is 5.04. The number of nitrogens with zero attached hydrogens (tertiary/aromatic N) is 3. The molecule has 1 aromatic heterocycles. The number of benzene rings is 1. The number of rotatable bonds is 3. The van der Waals surface area contributed by atoms with Crippen molar-refractivity contribution in [2.24, 2.45) is 0 Å². The lowest BCUT2D eigenvalue weighted by Crippen LogP contribution is -2.39. The first-order valence-corrected chi connectivity index (χ1v) is 8.59. The van der Waals surface area contributed by atoms with Crippen LogP contribution in [0.2, 0.25) is 5.02 Å². The van der Waals surface area contributed by atoms with Crippen molar-refractivity contribution in [1.29, 1.82) is 0 Å². The van der Waals surface area contributed by atoms with Gasteiger partial charge in [-0.2, -0.15) is 5.10 Å².